The lowest BCUT2D eigenvalue weighted by Gasteiger charge is -2.22. The minimum atomic E-state index is 0.0111. The van der Waals surface area contributed by atoms with E-state index in [4.69, 9.17) is 11.6 Å². The summed E-state index contributed by atoms with van der Waals surface area (Å²) in [4.78, 5) is 2.08. The highest BCUT2D eigenvalue weighted by Crippen LogP contribution is 2.25. The number of rotatable bonds is 4. The Morgan fingerprint density at radius 2 is 1.84 bits per heavy atom. The molecular weight excluding hydrogens is 326 g/mol. The Labute approximate surface area is 126 Å². The van der Waals surface area contributed by atoms with Gasteiger partial charge in [0.1, 0.15) is 0 Å². The smallest absolute Gasteiger partial charge is 0.0702 e. The number of hydrogen-bond acceptors (Lipinski definition) is 2. The zero-order valence-corrected chi connectivity index (χ0v) is 12.9. The first-order valence-corrected chi connectivity index (χ1v) is 7.12. The van der Waals surface area contributed by atoms with Gasteiger partial charge in [-0.3, -0.25) is 0 Å². The Bertz CT molecular complexity index is 557. The second kappa shape index (κ2) is 6.42. The first kappa shape index (κ1) is 14.4. The van der Waals surface area contributed by atoms with E-state index < -0.39 is 0 Å². The molecule has 2 aromatic rings. The maximum atomic E-state index is 9.38. The second-order valence-corrected chi connectivity index (χ2v) is 5.77. The zero-order valence-electron chi connectivity index (χ0n) is 10.6. The number of hydrogen-bond donors (Lipinski definition) is 1. The van der Waals surface area contributed by atoms with Gasteiger partial charge in [-0.25, -0.2) is 0 Å². The van der Waals surface area contributed by atoms with Crippen molar-refractivity contribution in [3.8, 4) is 0 Å². The second-order valence-electron chi connectivity index (χ2n) is 4.41. The zero-order chi connectivity index (χ0) is 13.8. The lowest BCUT2D eigenvalue weighted by atomic mass is 10.1. The standard InChI is InChI=1S/C15H15BrClNO/c1-18(9-11-2-5-13(16)6-3-11)15-8-14(17)7-4-12(15)10-19/h2-8,19H,9-10H2,1H3. The van der Waals surface area contributed by atoms with Crippen molar-refractivity contribution in [3.05, 3.63) is 63.1 Å². The monoisotopic (exact) mass is 339 g/mol. The molecule has 1 N–H and O–H groups in total. The third-order valence-electron chi connectivity index (χ3n) is 2.96. The molecule has 0 saturated heterocycles. The summed E-state index contributed by atoms with van der Waals surface area (Å²) in [5, 5.41) is 10.1. The summed E-state index contributed by atoms with van der Waals surface area (Å²) in [5.41, 5.74) is 3.04. The number of benzene rings is 2. The van der Waals surface area contributed by atoms with Crippen LogP contribution in [-0.2, 0) is 13.2 Å². The van der Waals surface area contributed by atoms with Gasteiger partial charge in [-0.05, 0) is 29.8 Å². The first-order chi connectivity index (χ1) is 9.10. The molecule has 0 heterocycles. The Morgan fingerprint density at radius 1 is 1.16 bits per heavy atom. The van der Waals surface area contributed by atoms with Crippen molar-refractivity contribution in [2.24, 2.45) is 0 Å². The number of aliphatic hydroxyl groups is 1. The maximum absolute atomic E-state index is 9.38. The van der Waals surface area contributed by atoms with Gasteiger partial charge in [-0.15, -0.1) is 0 Å². The van der Waals surface area contributed by atoms with Crippen LogP contribution >= 0.6 is 27.5 Å². The molecule has 0 spiro atoms. The molecule has 0 aliphatic heterocycles. The molecule has 0 bridgehead atoms. The average Bonchev–Trinajstić information content (AvgIpc) is 2.41. The van der Waals surface area contributed by atoms with E-state index in [1.807, 2.05) is 31.3 Å². The van der Waals surface area contributed by atoms with E-state index in [1.54, 1.807) is 6.07 Å². The van der Waals surface area contributed by atoms with Crippen LogP contribution in [0, 0.1) is 0 Å². The third kappa shape index (κ3) is 3.72. The van der Waals surface area contributed by atoms with Crippen molar-refractivity contribution in [2.45, 2.75) is 13.2 Å². The van der Waals surface area contributed by atoms with Crippen molar-refractivity contribution in [1.29, 1.82) is 0 Å². The fourth-order valence-corrected chi connectivity index (χ4v) is 2.41. The van der Waals surface area contributed by atoms with Crippen LogP contribution in [0.5, 0.6) is 0 Å². The highest BCUT2D eigenvalue weighted by Gasteiger charge is 2.08. The highest BCUT2D eigenvalue weighted by molar-refractivity contribution is 9.10. The normalized spacial score (nSPS) is 10.5. The van der Waals surface area contributed by atoms with Crippen molar-refractivity contribution in [3.63, 3.8) is 0 Å². The lowest BCUT2D eigenvalue weighted by molar-refractivity contribution is 0.282. The van der Waals surface area contributed by atoms with Crippen molar-refractivity contribution in [2.75, 3.05) is 11.9 Å². The molecule has 0 aliphatic carbocycles. The fraction of sp³-hybridized carbons (Fsp3) is 0.200. The van der Waals surface area contributed by atoms with Crippen molar-refractivity contribution < 1.29 is 5.11 Å². The van der Waals surface area contributed by atoms with Crippen LogP contribution in [0.15, 0.2) is 46.9 Å². The molecule has 0 amide bonds. The van der Waals surface area contributed by atoms with E-state index in [9.17, 15) is 5.11 Å². The van der Waals surface area contributed by atoms with Crippen LogP contribution in [-0.4, -0.2) is 12.2 Å². The number of aliphatic hydroxyl groups excluding tert-OH is 1. The van der Waals surface area contributed by atoms with Crippen LogP contribution in [0.25, 0.3) is 0 Å². The fourth-order valence-electron chi connectivity index (χ4n) is 1.97. The molecule has 4 heteroatoms. The van der Waals surface area contributed by atoms with Gasteiger partial charge in [0, 0.05) is 34.3 Å². The average molecular weight is 341 g/mol. The number of nitrogens with zero attached hydrogens (tertiary/aromatic N) is 1. The van der Waals surface area contributed by atoms with Gasteiger partial charge >= 0.3 is 0 Å². The lowest BCUT2D eigenvalue weighted by Crippen LogP contribution is -2.18. The van der Waals surface area contributed by atoms with Crippen LogP contribution in [0.3, 0.4) is 0 Å². The molecular formula is C15H15BrClNO. The molecule has 100 valence electrons. The predicted molar refractivity (Wildman–Crippen MR) is 83.6 cm³/mol. The molecule has 0 atom stereocenters. The number of halogens is 2. The molecule has 2 nitrogen and oxygen atoms in total. The topological polar surface area (TPSA) is 23.5 Å². The summed E-state index contributed by atoms with van der Waals surface area (Å²) in [6.45, 7) is 0.776. The summed E-state index contributed by atoms with van der Waals surface area (Å²) in [6, 6.07) is 13.7. The van der Waals surface area contributed by atoms with Crippen molar-refractivity contribution >= 4 is 33.2 Å². The molecule has 0 unspecified atom stereocenters. The first-order valence-electron chi connectivity index (χ1n) is 5.95. The summed E-state index contributed by atoms with van der Waals surface area (Å²) < 4.78 is 1.07. The summed E-state index contributed by atoms with van der Waals surface area (Å²) >= 11 is 9.45. The van der Waals surface area contributed by atoms with Gasteiger partial charge in [0.05, 0.1) is 6.61 Å². The van der Waals surface area contributed by atoms with E-state index in [0.717, 1.165) is 22.3 Å². The minimum absolute atomic E-state index is 0.0111. The molecule has 0 aliphatic rings. The largest absolute Gasteiger partial charge is 0.392 e. The minimum Gasteiger partial charge on any atom is -0.392 e. The molecule has 0 radical (unpaired) electrons. The van der Waals surface area contributed by atoms with Gasteiger partial charge in [-0.1, -0.05) is 45.7 Å². The van der Waals surface area contributed by atoms with E-state index in [0.29, 0.717) is 5.02 Å². The van der Waals surface area contributed by atoms with Gasteiger partial charge in [0.2, 0.25) is 0 Å². The van der Waals surface area contributed by atoms with Crippen LogP contribution in [0.4, 0.5) is 5.69 Å². The van der Waals surface area contributed by atoms with Gasteiger partial charge < -0.3 is 10.0 Å². The summed E-state index contributed by atoms with van der Waals surface area (Å²) in [7, 11) is 1.99. The van der Waals surface area contributed by atoms with Crippen LogP contribution < -0.4 is 4.90 Å². The molecule has 0 fully saturated rings. The molecule has 19 heavy (non-hydrogen) atoms. The Kier molecular flexibility index (Phi) is 4.86. The van der Waals surface area contributed by atoms with E-state index in [-0.39, 0.29) is 6.61 Å². The molecule has 2 aromatic carbocycles. The van der Waals surface area contributed by atoms with Gasteiger partial charge in [0.25, 0.3) is 0 Å². The Morgan fingerprint density at radius 3 is 2.47 bits per heavy atom. The third-order valence-corrected chi connectivity index (χ3v) is 3.73. The van der Waals surface area contributed by atoms with E-state index in [2.05, 4.69) is 33.0 Å². The summed E-state index contributed by atoms with van der Waals surface area (Å²) in [5.74, 6) is 0. The van der Waals surface area contributed by atoms with E-state index in [1.165, 1.54) is 5.56 Å². The Hall–Kier alpha value is -1.03. The molecule has 0 saturated carbocycles. The number of anilines is 1. The van der Waals surface area contributed by atoms with Crippen LogP contribution in [0.1, 0.15) is 11.1 Å². The summed E-state index contributed by atoms with van der Waals surface area (Å²) in [6.07, 6.45) is 0. The Balaban J connectivity index is 2.21. The van der Waals surface area contributed by atoms with Gasteiger partial charge in [-0.2, -0.15) is 0 Å². The quantitative estimate of drug-likeness (QED) is 0.900. The van der Waals surface area contributed by atoms with Crippen LogP contribution in [0.2, 0.25) is 5.02 Å². The van der Waals surface area contributed by atoms with Crippen molar-refractivity contribution in [1.82, 2.24) is 0 Å². The van der Waals surface area contributed by atoms with E-state index >= 15 is 0 Å². The van der Waals surface area contributed by atoms with Gasteiger partial charge in [0.15, 0.2) is 0 Å². The predicted octanol–water partition coefficient (Wildman–Crippen LogP) is 4.23. The SMILES string of the molecule is CN(Cc1ccc(Br)cc1)c1cc(Cl)ccc1CO. The molecule has 2 rings (SSSR count). The maximum Gasteiger partial charge on any atom is 0.0702 e. The molecule has 0 aromatic heterocycles. The highest BCUT2D eigenvalue weighted by atomic mass is 79.9.